The molecule has 1 amide bonds. The Morgan fingerprint density at radius 1 is 1.43 bits per heavy atom. The predicted octanol–water partition coefficient (Wildman–Crippen LogP) is 3.85. The minimum Gasteiger partial charge on any atom is -0.495 e. The summed E-state index contributed by atoms with van der Waals surface area (Å²) in [5.74, 6) is 1.65. The molecule has 1 fully saturated rings. The summed E-state index contributed by atoms with van der Waals surface area (Å²) < 4.78 is 6.95. The Bertz CT molecular complexity index is 580. The lowest BCUT2D eigenvalue weighted by molar-refractivity contribution is -0.117. The van der Waals surface area contributed by atoms with Gasteiger partial charge in [-0.05, 0) is 43.8 Å². The maximum Gasteiger partial charge on any atom is 0.227 e. The van der Waals surface area contributed by atoms with E-state index in [9.17, 15) is 9.59 Å². The number of halogens is 2. The minimum atomic E-state index is 0.0780. The van der Waals surface area contributed by atoms with Gasteiger partial charge in [0.2, 0.25) is 5.91 Å². The molecule has 1 aliphatic heterocycles. The van der Waals surface area contributed by atoms with E-state index in [1.807, 2.05) is 12.1 Å². The van der Waals surface area contributed by atoms with Crippen LogP contribution in [0, 0.1) is 5.92 Å². The predicted molar refractivity (Wildman–Crippen MR) is 92.0 cm³/mol. The highest BCUT2D eigenvalue weighted by molar-refractivity contribution is 9.11. The van der Waals surface area contributed by atoms with E-state index in [0.717, 1.165) is 14.6 Å². The molecule has 0 N–H and O–H groups in total. The average molecular weight is 437 g/mol. The zero-order valence-electron chi connectivity index (χ0n) is 11.7. The molecule has 0 bridgehead atoms. The third-order valence-corrected chi connectivity index (χ3v) is 5.54. The van der Waals surface area contributed by atoms with Crippen molar-refractivity contribution in [3.63, 3.8) is 0 Å². The van der Waals surface area contributed by atoms with E-state index in [1.165, 1.54) is 11.8 Å². The maximum absolute atomic E-state index is 12.2. The van der Waals surface area contributed by atoms with Crippen molar-refractivity contribution in [1.82, 2.24) is 0 Å². The van der Waals surface area contributed by atoms with Gasteiger partial charge in [-0.15, -0.1) is 0 Å². The van der Waals surface area contributed by atoms with Crippen LogP contribution in [0.4, 0.5) is 5.69 Å². The molecule has 4 nitrogen and oxygen atoms in total. The quantitative estimate of drug-likeness (QED) is 0.718. The number of methoxy groups -OCH3 is 1. The van der Waals surface area contributed by atoms with Crippen LogP contribution in [-0.4, -0.2) is 30.4 Å². The number of hydrogen-bond donors (Lipinski definition) is 0. The van der Waals surface area contributed by atoms with Crippen LogP contribution in [0.15, 0.2) is 21.1 Å². The molecule has 1 atom stereocenters. The standard InChI is InChI=1S/C14H15Br2NO3S/c1-8(18)21-7-9-3-14(19)17(6-9)12-5-13(20-2)11(16)4-10(12)15/h4-5,9H,3,6-7H2,1-2H3. The fourth-order valence-electron chi connectivity index (χ4n) is 2.24. The zero-order valence-corrected chi connectivity index (χ0v) is 15.7. The van der Waals surface area contributed by atoms with E-state index in [2.05, 4.69) is 31.9 Å². The van der Waals surface area contributed by atoms with Crippen molar-refractivity contribution >= 4 is 60.3 Å². The maximum atomic E-state index is 12.2. The van der Waals surface area contributed by atoms with Crippen molar-refractivity contribution in [1.29, 1.82) is 0 Å². The molecule has 1 aliphatic rings. The Hall–Kier alpha value is -0.530. The first kappa shape index (κ1) is 16.8. The first-order chi connectivity index (χ1) is 9.92. The lowest BCUT2D eigenvalue weighted by Gasteiger charge is -2.20. The fourth-order valence-corrected chi connectivity index (χ4v) is 4.31. The smallest absolute Gasteiger partial charge is 0.227 e. The van der Waals surface area contributed by atoms with Gasteiger partial charge in [-0.25, -0.2) is 0 Å². The van der Waals surface area contributed by atoms with Crippen molar-refractivity contribution < 1.29 is 14.3 Å². The number of hydrogen-bond acceptors (Lipinski definition) is 4. The van der Waals surface area contributed by atoms with Crippen molar-refractivity contribution in [3.05, 3.63) is 21.1 Å². The van der Waals surface area contributed by atoms with Crippen LogP contribution in [0.1, 0.15) is 13.3 Å². The number of ether oxygens (including phenoxy) is 1. The number of benzene rings is 1. The summed E-state index contributed by atoms with van der Waals surface area (Å²) in [5.41, 5.74) is 0.801. The van der Waals surface area contributed by atoms with E-state index in [1.54, 1.807) is 18.9 Å². The molecular formula is C14H15Br2NO3S. The monoisotopic (exact) mass is 435 g/mol. The molecule has 2 rings (SSSR count). The first-order valence-corrected chi connectivity index (χ1v) is 8.96. The highest BCUT2D eigenvalue weighted by Crippen LogP contribution is 2.39. The molecule has 21 heavy (non-hydrogen) atoms. The molecule has 1 aromatic carbocycles. The molecule has 1 saturated heterocycles. The molecule has 0 saturated carbocycles. The largest absolute Gasteiger partial charge is 0.495 e. The van der Waals surface area contributed by atoms with Crippen LogP contribution in [0.2, 0.25) is 0 Å². The van der Waals surface area contributed by atoms with Gasteiger partial charge in [0.05, 0.1) is 17.3 Å². The summed E-state index contributed by atoms with van der Waals surface area (Å²) in [6.07, 6.45) is 0.477. The summed E-state index contributed by atoms with van der Waals surface area (Å²) in [4.78, 5) is 25.0. The van der Waals surface area contributed by atoms with Crippen molar-refractivity contribution in [2.45, 2.75) is 13.3 Å². The summed E-state index contributed by atoms with van der Waals surface area (Å²) >= 11 is 8.19. The molecule has 0 aromatic heterocycles. The van der Waals surface area contributed by atoms with E-state index in [0.29, 0.717) is 24.5 Å². The van der Waals surface area contributed by atoms with Crippen LogP contribution in [-0.2, 0) is 9.59 Å². The molecule has 7 heteroatoms. The van der Waals surface area contributed by atoms with E-state index >= 15 is 0 Å². The van der Waals surface area contributed by atoms with E-state index in [4.69, 9.17) is 4.74 Å². The molecule has 0 radical (unpaired) electrons. The second kappa shape index (κ2) is 7.15. The third kappa shape index (κ3) is 4.02. The van der Waals surface area contributed by atoms with Crippen LogP contribution in [0.3, 0.4) is 0 Å². The number of anilines is 1. The van der Waals surface area contributed by atoms with Gasteiger partial charge in [-0.1, -0.05) is 11.8 Å². The lowest BCUT2D eigenvalue weighted by Crippen LogP contribution is -2.25. The molecule has 114 valence electrons. The minimum absolute atomic E-state index is 0.0780. The Labute approximate surface area is 144 Å². The normalized spacial score (nSPS) is 18.2. The highest BCUT2D eigenvalue weighted by atomic mass is 79.9. The Morgan fingerprint density at radius 3 is 2.76 bits per heavy atom. The fraction of sp³-hybridized carbons (Fsp3) is 0.429. The van der Waals surface area contributed by atoms with Gasteiger partial charge in [-0.3, -0.25) is 9.59 Å². The molecule has 1 aromatic rings. The van der Waals surface area contributed by atoms with Crippen LogP contribution in [0.5, 0.6) is 5.75 Å². The van der Waals surface area contributed by atoms with Crippen molar-refractivity contribution in [3.8, 4) is 5.75 Å². The highest BCUT2D eigenvalue weighted by Gasteiger charge is 2.32. The number of carbonyl (C=O) groups is 2. The van der Waals surface area contributed by atoms with Crippen molar-refractivity contribution in [2.24, 2.45) is 5.92 Å². The topological polar surface area (TPSA) is 46.6 Å². The van der Waals surface area contributed by atoms with Gasteiger partial charge in [0, 0.05) is 36.2 Å². The zero-order chi connectivity index (χ0) is 15.6. The summed E-state index contributed by atoms with van der Waals surface area (Å²) in [7, 11) is 1.59. The summed E-state index contributed by atoms with van der Waals surface area (Å²) in [6.45, 7) is 2.18. The number of nitrogens with zero attached hydrogens (tertiary/aromatic N) is 1. The Kier molecular flexibility index (Phi) is 5.73. The Balaban J connectivity index is 2.18. The van der Waals surface area contributed by atoms with Gasteiger partial charge < -0.3 is 9.64 Å². The van der Waals surface area contributed by atoms with Crippen LogP contribution >= 0.6 is 43.6 Å². The Morgan fingerprint density at radius 2 is 2.14 bits per heavy atom. The number of carbonyl (C=O) groups excluding carboxylic acids is 2. The average Bonchev–Trinajstić information content (AvgIpc) is 2.78. The van der Waals surface area contributed by atoms with E-state index in [-0.39, 0.29) is 16.9 Å². The van der Waals surface area contributed by atoms with Crippen LogP contribution < -0.4 is 9.64 Å². The van der Waals surface area contributed by atoms with Crippen molar-refractivity contribution in [2.75, 3.05) is 24.3 Å². The van der Waals surface area contributed by atoms with Gasteiger partial charge in [0.25, 0.3) is 0 Å². The molecule has 0 spiro atoms. The molecule has 1 heterocycles. The molecule has 1 unspecified atom stereocenters. The van der Waals surface area contributed by atoms with E-state index < -0.39 is 0 Å². The second-order valence-electron chi connectivity index (χ2n) is 4.82. The number of rotatable bonds is 4. The van der Waals surface area contributed by atoms with Crippen LogP contribution in [0.25, 0.3) is 0 Å². The summed E-state index contributed by atoms with van der Waals surface area (Å²) in [6, 6.07) is 3.71. The lowest BCUT2D eigenvalue weighted by atomic mass is 10.1. The number of thioether (sulfide) groups is 1. The van der Waals surface area contributed by atoms with Gasteiger partial charge in [-0.2, -0.15) is 0 Å². The van der Waals surface area contributed by atoms with Gasteiger partial charge in [0.1, 0.15) is 5.75 Å². The third-order valence-electron chi connectivity index (χ3n) is 3.24. The van der Waals surface area contributed by atoms with Gasteiger partial charge in [0.15, 0.2) is 5.12 Å². The first-order valence-electron chi connectivity index (χ1n) is 6.39. The SMILES string of the molecule is COc1cc(N2CC(CSC(C)=O)CC2=O)c(Br)cc1Br. The summed E-state index contributed by atoms with van der Waals surface area (Å²) in [5, 5.41) is 0.0902. The second-order valence-corrected chi connectivity index (χ2v) is 7.72. The molecular weight excluding hydrogens is 422 g/mol. The van der Waals surface area contributed by atoms with Gasteiger partial charge >= 0.3 is 0 Å². The number of amides is 1. The molecule has 0 aliphatic carbocycles.